The lowest BCUT2D eigenvalue weighted by atomic mass is 10.1. The number of benzene rings is 1. The summed E-state index contributed by atoms with van der Waals surface area (Å²) in [6.07, 6.45) is 0. The van der Waals surface area contributed by atoms with Gasteiger partial charge in [-0.25, -0.2) is 0 Å². The van der Waals surface area contributed by atoms with Crippen LogP contribution in [0, 0.1) is 6.92 Å². The van der Waals surface area contributed by atoms with Gasteiger partial charge in [-0.15, -0.1) is 0 Å². The van der Waals surface area contributed by atoms with E-state index in [4.69, 9.17) is 0 Å². The molecule has 3 nitrogen and oxygen atoms in total. The van der Waals surface area contributed by atoms with Crippen molar-refractivity contribution in [1.29, 1.82) is 0 Å². The number of nitrogens with zero attached hydrogens (tertiary/aromatic N) is 1. The van der Waals surface area contributed by atoms with Crippen LogP contribution in [0.15, 0.2) is 24.3 Å². The van der Waals surface area contributed by atoms with E-state index in [0.29, 0.717) is 12.1 Å². The molecule has 0 fully saturated rings. The molecule has 0 atom stereocenters. The zero-order chi connectivity index (χ0) is 11.4. The SMILES string of the molecule is CCN(C)C(=O)C(=O)c1ccc(C)cc1. The maximum absolute atomic E-state index is 11.7. The fourth-order valence-corrected chi connectivity index (χ4v) is 1.15. The van der Waals surface area contributed by atoms with E-state index in [0.717, 1.165) is 5.56 Å². The molecule has 0 unspecified atom stereocenters. The molecule has 3 heteroatoms. The van der Waals surface area contributed by atoms with Crippen LogP contribution in [0.25, 0.3) is 0 Å². The highest BCUT2D eigenvalue weighted by molar-refractivity contribution is 6.42. The van der Waals surface area contributed by atoms with Crippen molar-refractivity contribution in [2.75, 3.05) is 13.6 Å². The molecule has 80 valence electrons. The van der Waals surface area contributed by atoms with Crippen LogP contribution < -0.4 is 0 Å². The number of Topliss-reactive ketones (excluding diaryl/α,β-unsaturated/α-hetero) is 1. The van der Waals surface area contributed by atoms with Gasteiger partial charge in [0.15, 0.2) is 0 Å². The van der Waals surface area contributed by atoms with Gasteiger partial charge < -0.3 is 4.90 Å². The molecule has 0 aliphatic heterocycles. The molecule has 0 aliphatic carbocycles. The Morgan fingerprint density at radius 1 is 1.20 bits per heavy atom. The summed E-state index contributed by atoms with van der Waals surface area (Å²) >= 11 is 0. The Balaban J connectivity index is 2.85. The summed E-state index contributed by atoms with van der Waals surface area (Å²) in [6.45, 7) is 4.31. The van der Waals surface area contributed by atoms with E-state index in [1.807, 2.05) is 26.0 Å². The van der Waals surface area contributed by atoms with Crippen LogP contribution in [0.1, 0.15) is 22.8 Å². The number of aryl methyl sites for hydroxylation is 1. The molecule has 0 bridgehead atoms. The van der Waals surface area contributed by atoms with Crippen molar-refractivity contribution in [3.8, 4) is 0 Å². The van der Waals surface area contributed by atoms with Crippen molar-refractivity contribution < 1.29 is 9.59 Å². The molecule has 0 N–H and O–H groups in total. The normalized spacial score (nSPS) is 9.80. The Hall–Kier alpha value is -1.64. The smallest absolute Gasteiger partial charge is 0.294 e. The van der Waals surface area contributed by atoms with Gasteiger partial charge in [0, 0.05) is 19.2 Å². The number of ketones is 1. The molecule has 0 aliphatic rings. The van der Waals surface area contributed by atoms with Crippen molar-refractivity contribution in [2.45, 2.75) is 13.8 Å². The summed E-state index contributed by atoms with van der Waals surface area (Å²) in [4.78, 5) is 24.6. The summed E-state index contributed by atoms with van der Waals surface area (Å²) in [5, 5.41) is 0. The van der Waals surface area contributed by atoms with Crippen LogP contribution in [-0.4, -0.2) is 30.2 Å². The van der Waals surface area contributed by atoms with E-state index in [2.05, 4.69) is 0 Å². The maximum atomic E-state index is 11.7. The average Bonchev–Trinajstić information content (AvgIpc) is 2.27. The van der Waals surface area contributed by atoms with Gasteiger partial charge >= 0.3 is 0 Å². The van der Waals surface area contributed by atoms with Crippen LogP contribution in [0.5, 0.6) is 0 Å². The molecule has 0 saturated carbocycles. The molecule has 0 saturated heterocycles. The van der Waals surface area contributed by atoms with Crippen molar-refractivity contribution in [3.05, 3.63) is 35.4 Å². The van der Waals surface area contributed by atoms with Gasteiger partial charge in [0.1, 0.15) is 0 Å². The molecule has 1 aromatic rings. The minimum Gasteiger partial charge on any atom is -0.339 e. The highest BCUT2D eigenvalue weighted by Gasteiger charge is 2.18. The van der Waals surface area contributed by atoms with Gasteiger partial charge in [0.05, 0.1) is 0 Å². The molecule has 0 spiro atoms. The van der Waals surface area contributed by atoms with Crippen molar-refractivity contribution in [3.63, 3.8) is 0 Å². The standard InChI is InChI=1S/C12H15NO2/c1-4-13(3)12(15)11(14)10-7-5-9(2)6-8-10/h5-8H,4H2,1-3H3. The van der Waals surface area contributed by atoms with Gasteiger partial charge in [-0.1, -0.05) is 29.8 Å². The second-order valence-electron chi connectivity index (χ2n) is 3.51. The predicted octanol–water partition coefficient (Wildman–Crippen LogP) is 1.66. The number of likely N-dealkylation sites (N-methyl/N-ethyl adjacent to an activating group) is 1. The fourth-order valence-electron chi connectivity index (χ4n) is 1.15. The van der Waals surface area contributed by atoms with Crippen LogP contribution in [0.2, 0.25) is 0 Å². The van der Waals surface area contributed by atoms with Gasteiger partial charge in [0.25, 0.3) is 5.91 Å². The van der Waals surface area contributed by atoms with Crippen LogP contribution in [0.3, 0.4) is 0 Å². The third-order valence-electron chi connectivity index (χ3n) is 2.33. The molecule has 1 rings (SSSR count). The number of hydrogen-bond donors (Lipinski definition) is 0. The number of rotatable bonds is 3. The average molecular weight is 205 g/mol. The van der Waals surface area contributed by atoms with Crippen molar-refractivity contribution >= 4 is 11.7 Å². The zero-order valence-electron chi connectivity index (χ0n) is 9.28. The molecule has 1 amide bonds. The zero-order valence-corrected chi connectivity index (χ0v) is 9.28. The van der Waals surface area contributed by atoms with Crippen molar-refractivity contribution in [1.82, 2.24) is 4.90 Å². The first kappa shape index (κ1) is 11.4. The summed E-state index contributed by atoms with van der Waals surface area (Å²) in [7, 11) is 1.62. The van der Waals surface area contributed by atoms with Crippen LogP contribution >= 0.6 is 0 Å². The lowest BCUT2D eigenvalue weighted by molar-refractivity contribution is -0.125. The van der Waals surface area contributed by atoms with Crippen LogP contribution in [-0.2, 0) is 4.79 Å². The lowest BCUT2D eigenvalue weighted by Gasteiger charge is -2.12. The first-order valence-corrected chi connectivity index (χ1v) is 4.92. The van der Waals surface area contributed by atoms with E-state index < -0.39 is 11.7 Å². The van der Waals surface area contributed by atoms with Gasteiger partial charge in [-0.05, 0) is 13.8 Å². The molecule has 15 heavy (non-hydrogen) atoms. The monoisotopic (exact) mass is 205 g/mol. The Labute approximate surface area is 89.7 Å². The molecular weight excluding hydrogens is 190 g/mol. The summed E-state index contributed by atoms with van der Waals surface area (Å²) < 4.78 is 0. The predicted molar refractivity (Wildman–Crippen MR) is 58.8 cm³/mol. The molecule has 0 heterocycles. The quantitative estimate of drug-likeness (QED) is 0.556. The fraction of sp³-hybridized carbons (Fsp3) is 0.333. The lowest BCUT2D eigenvalue weighted by Crippen LogP contribution is -2.33. The van der Waals surface area contributed by atoms with E-state index in [-0.39, 0.29) is 0 Å². The van der Waals surface area contributed by atoms with E-state index >= 15 is 0 Å². The second kappa shape index (κ2) is 4.73. The first-order chi connectivity index (χ1) is 7.06. The van der Waals surface area contributed by atoms with Gasteiger partial charge in [-0.3, -0.25) is 9.59 Å². The topological polar surface area (TPSA) is 37.4 Å². The molecule has 1 aromatic carbocycles. The summed E-state index contributed by atoms with van der Waals surface area (Å²) in [5.41, 5.74) is 1.52. The summed E-state index contributed by atoms with van der Waals surface area (Å²) in [5.74, 6) is -0.902. The third kappa shape index (κ3) is 2.65. The maximum Gasteiger partial charge on any atom is 0.294 e. The van der Waals surface area contributed by atoms with E-state index in [1.54, 1.807) is 19.2 Å². The largest absolute Gasteiger partial charge is 0.339 e. The Kier molecular flexibility index (Phi) is 3.61. The highest BCUT2D eigenvalue weighted by Crippen LogP contribution is 2.05. The molecule has 0 aromatic heterocycles. The number of carbonyl (C=O) groups excluding carboxylic acids is 2. The molecular formula is C12H15NO2. The number of amides is 1. The first-order valence-electron chi connectivity index (χ1n) is 4.92. The Bertz CT molecular complexity index is 368. The Morgan fingerprint density at radius 3 is 2.20 bits per heavy atom. The minimum absolute atomic E-state index is 0.445. The highest BCUT2D eigenvalue weighted by atomic mass is 16.2. The Morgan fingerprint density at radius 2 is 1.73 bits per heavy atom. The number of carbonyl (C=O) groups is 2. The summed E-state index contributed by atoms with van der Waals surface area (Å²) in [6, 6.07) is 7.01. The van der Waals surface area contributed by atoms with Crippen molar-refractivity contribution in [2.24, 2.45) is 0 Å². The molecule has 0 radical (unpaired) electrons. The van der Waals surface area contributed by atoms with E-state index in [9.17, 15) is 9.59 Å². The van der Waals surface area contributed by atoms with E-state index in [1.165, 1.54) is 4.90 Å². The third-order valence-corrected chi connectivity index (χ3v) is 2.33. The minimum atomic E-state index is -0.457. The number of hydrogen-bond acceptors (Lipinski definition) is 2. The second-order valence-corrected chi connectivity index (χ2v) is 3.51. The van der Waals surface area contributed by atoms with Crippen LogP contribution in [0.4, 0.5) is 0 Å². The van der Waals surface area contributed by atoms with Gasteiger partial charge in [-0.2, -0.15) is 0 Å². The van der Waals surface area contributed by atoms with Gasteiger partial charge in [0.2, 0.25) is 5.78 Å².